The van der Waals surface area contributed by atoms with E-state index >= 15 is 0 Å². The molecular weight excluding hydrogens is 265 g/mol. The largest absolute Gasteiger partial charge is 0.398 e. The molecule has 0 saturated heterocycles. The van der Waals surface area contributed by atoms with Crippen LogP contribution in [0.1, 0.15) is 0 Å². The molecule has 0 fully saturated rings. The van der Waals surface area contributed by atoms with E-state index < -0.39 is 5.82 Å². The second-order valence-electron chi connectivity index (χ2n) is 4.23. The van der Waals surface area contributed by atoms with Gasteiger partial charge >= 0.3 is 0 Å². The van der Waals surface area contributed by atoms with Crippen molar-refractivity contribution in [1.29, 1.82) is 0 Å². The van der Waals surface area contributed by atoms with Crippen molar-refractivity contribution in [2.75, 3.05) is 26.6 Å². The molecule has 0 bridgehead atoms. The number of nitrogens with zero attached hydrogens (tertiary/aromatic N) is 4. The number of hydrogen-bond acceptors (Lipinski definition) is 6. The summed E-state index contributed by atoms with van der Waals surface area (Å²) >= 11 is 0. The maximum atomic E-state index is 13.3. The fraction of sp³-hybridized carbons (Fsp3) is 0.417. The molecule has 0 amide bonds. The lowest BCUT2D eigenvalue weighted by atomic mass is 10.1. The zero-order valence-electron chi connectivity index (χ0n) is 11.3. The quantitative estimate of drug-likeness (QED) is 0.785. The summed E-state index contributed by atoms with van der Waals surface area (Å²) in [5.74, 6) is -0.0101. The molecule has 0 radical (unpaired) electrons. The van der Waals surface area contributed by atoms with Crippen molar-refractivity contribution in [2.45, 2.75) is 12.6 Å². The van der Waals surface area contributed by atoms with Crippen molar-refractivity contribution in [3.05, 3.63) is 24.0 Å². The predicted octanol–water partition coefficient (Wildman–Crippen LogP) is 0.723. The molecule has 0 saturated carbocycles. The van der Waals surface area contributed by atoms with Gasteiger partial charge in [-0.3, -0.25) is 0 Å². The first kappa shape index (κ1) is 14.4. The van der Waals surface area contributed by atoms with Gasteiger partial charge < -0.3 is 15.2 Å². The first-order valence-electron chi connectivity index (χ1n) is 5.99. The van der Waals surface area contributed by atoms with E-state index in [0.717, 1.165) is 0 Å². The van der Waals surface area contributed by atoms with Crippen LogP contribution >= 0.6 is 0 Å². The molecule has 2 rings (SSSR count). The number of rotatable bonds is 6. The lowest BCUT2D eigenvalue weighted by molar-refractivity contribution is 0.0163. The van der Waals surface area contributed by atoms with Crippen molar-refractivity contribution < 1.29 is 13.9 Å². The first-order chi connectivity index (χ1) is 9.65. The Morgan fingerprint density at radius 3 is 2.90 bits per heavy atom. The fourth-order valence-electron chi connectivity index (χ4n) is 1.82. The SMILES string of the molecule is COCC(Cn1nnnc1-c1cc(F)ccc1N)OC. The predicted molar refractivity (Wildman–Crippen MR) is 70.3 cm³/mol. The third-order valence-corrected chi connectivity index (χ3v) is 2.85. The van der Waals surface area contributed by atoms with E-state index in [-0.39, 0.29) is 6.10 Å². The van der Waals surface area contributed by atoms with Gasteiger partial charge in [0.05, 0.1) is 13.2 Å². The molecule has 108 valence electrons. The number of nitrogen functional groups attached to an aromatic ring is 1. The second kappa shape index (κ2) is 6.40. The Labute approximate surface area is 115 Å². The molecule has 7 nitrogen and oxygen atoms in total. The Balaban J connectivity index is 2.30. The molecule has 20 heavy (non-hydrogen) atoms. The van der Waals surface area contributed by atoms with E-state index in [1.54, 1.807) is 14.2 Å². The normalized spacial score (nSPS) is 12.6. The number of aromatic nitrogens is 4. The Hall–Kier alpha value is -2.06. The van der Waals surface area contributed by atoms with Gasteiger partial charge in [-0.1, -0.05) is 0 Å². The lowest BCUT2D eigenvalue weighted by Crippen LogP contribution is -2.25. The lowest BCUT2D eigenvalue weighted by Gasteiger charge is -2.15. The minimum absolute atomic E-state index is 0.211. The van der Waals surface area contributed by atoms with E-state index in [0.29, 0.717) is 30.2 Å². The van der Waals surface area contributed by atoms with Crippen LogP contribution in [-0.2, 0) is 16.0 Å². The number of methoxy groups -OCH3 is 2. The van der Waals surface area contributed by atoms with Gasteiger partial charge in [-0.15, -0.1) is 5.10 Å². The van der Waals surface area contributed by atoms with Crippen molar-refractivity contribution >= 4 is 5.69 Å². The highest BCUT2D eigenvalue weighted by Crippen LogP contribution is 2.24. The fourth-order valence-corrected chi connectivity index (χ4v) is 1.82. The number of hydrogen-bond donors (Lipinski definition) is 1. The van der Waals surface area contributed by atoms with Crippen LogP contribution in [0.5, 0.6) is 0 Å². The molecule has 1 heterocycles. The van der Waals surface area contributed by atoms with E-state index in [1.807, 2.05) is 0 Å². The number of anilines is 1. The van der Waals surface area contributed by atoms with Crippen LogP contribution in [0.3, 0.4) is 0 Å². The number of nitrogens with two attached hydrogens (primary N) is 1. The van der Waals surface area contributed by atoms with E-state index in [4.69, 9.17) is 15.2 Å². The molecule has 1 unspecified atom stereocenters. The molecule has 1 aromatic carbocycles. The maximum absolute atomic E-state index is 13.3. The van der Waals surface area contributed by atoms with Crippen LogP contribution < -0.4 is 5.73 Å². The second-order valence-corrected chi connectivity index (χ2v) is 4.23. The topological polar surface area (TPSA) is 88.1 Å². The summed E-state index contributed by atoms with van der Waals surface area (Å²) in [4.78, 5) is 0. The van der Waals surface area contributed by atoms with Gasteiger partial charge in [0, 0.05) is 25.5 Å². The molecule has 0 aliphatic rings. The molecule has 1 atom stereocenters. The van der Waals surface area contributed by atoms with Crippen molar-refractivity contribution in [3.8, 4) is 11.4 Å². The van der Waals surface area contributed by atoms with Gasteiger partial charge in [0.1, 0.15) is 11.9 Å². The van der Waals surface area contributed by atoms with Crippen LogP contribution in [0.4, 0.5) is 10.1 Å². The Morgan fingerprint density at radius 2 is 2.20 bits per heavy atom. The summed E-state index contributed by atoms with van der Waals surface area (Å²) in [6.45, 7) is 0.775. The van der Waals surface area contributed by atoms with Crippen LogP contribution in [0, 0.1) is 5.82 Å². The third kappa shape index (κ3) is 3.09. The van der Waals surface area contributed by atoms with Gasteiger partial charge in [0.15, 0.2) is 5.82 Å². The summed E-state index contributed by atoms with van der Waals surface area (Å²) in [6, 6.07) is 4.07. The van der Waals surface area contributed by atoms with Gasteiger partial charge in [-0.05, 0) is 28.6 Å². The minimum atomic E-state index is -0.399. The summed E-state index contributed by atoms with van der Waals surface area (Å²) in [7, 11) is 3.15. The summed E-state index contributed by atoms with van der Waals surface area (Å²) in [6.07, 6.45) is -0.211. The molecule has 0 aliphatic heterocycles. The molecule has 1 aromatic heterocycles. The van der Waals surface area contributed by atoms with Crippen LogP contribution in [-0.4, -0.2) is 47.1 Å². The van der Waals surface area contributed by atoms with E-state index in [1.165, 1.54) is 22.9 Å². The average molecular weight is 281 g/mol. The zero-order valence-corrected chi connectivity index (χ0v) is 11.3. The summed E-state index contributed by atoms with van der Waals surface area (Å²) in [5.41, 5.74) is 6.69. The summed E-state index contributed by atoms with van der Waals surface area (Å²) in [5, 5.41) is 11.4. The Kier molecular flexibility index (Phi) is 4.59. The molecular formula is C12H16FN5O2. The first-order valence-corrected chi connectivity index (χ1v) is 5.99. The summed E-state index contributed by atoms with van der Waals surface area (Å²) < 4.78 is 25.2. The molecule has 0 spiro atoms. The van der Waals surface area contributed by atoms with E-state index in [2.05, 4.69) is 15.5 Å². The maximum Gasteiger partial charge on any atom is 0.184 e. The van der Waals surface area contributed by atoms with Crippen molar-refractivity contribution in [2.24, 2.45) is 0 Å². The molecule has 2 aromatic rings. The average Bonchev–Trinajstić information content (AvgIpc) is 2.89. The zero-order chi connectivity index (χ0) is 14.5. The Bertz CT molecular complexity index is 575. The van der Waals surface area contributed by atoms with Crippen molar-refractivity contribution in [3.63, 3.8) is 0 Å². The number of halogens is 1. The van der Waals surface area contributed by atoms with Crippen LogP contribution in [0.25, 0.3) is 11.4 Å². The number of ether oxygens (including phenoxy) is 2. The van der Waals surface area contributed by atoms with Crippen LogP contribution in [0.2, 0.25) is 0 Å². The minimum Gasteiger partial charge on any atom is -0.398 e. The molecule has 8 heteroatoms. The standard InChI is InChI=1S/C12H16FN5O2/c1-19-7-9(20-2)6-18-12(15-16-17-18)10-5-8(13)3-4-11(10)14/h3-5,9H,6-7,14H2,1-2H3. The van der Waals surface area contributed by atoms with E-state index in [9.17, 15) is 4.39 Å². The highest BCUT2D eigenvalue weighted by molar-refractivity contribution is 5.71. The van der Waals surface area contributed by atoms with Gasteiger partial charge in [-0.2, -0.15) is 0 Å². The van der Waals surface area contributed by atoms with Gasteiger partial charge in [-0.25, -0.2) is 9.07 Å². The molecule has 0 aliphatic carbocycles. The number of benzene rings is 1. The van der Waals surface area contributed by atoms with Crippen LogP contribution in [0.15, 0.2) is 18.2 Å². The highest BCUT2D eigenvalue weighted by atomic mass is 19.1. The highest BCUT2D eigenvalue weighted by Gasteiger charge is 2.16. The molecule has 2 N–H and O–H groups in total. The smallest absolute Gasteiger partial charge is 0.184 e. The third-order valence-electron chi connectivity index (χ3n) is 2.85. The Morgan fingerprint density at radius 1 is 1.40 bits per heavy atom. The van der Waals surface area contributed by atoms with Gasteiger partial charge in [0.25, 0.3) is 0 Å². The number of tetrazole rings is 1. The monoisotopic (exact) mass is 281 g/mol. The van der Waals surface area contributed by atoms with Crippen molar-refractivity contribution in [1.82, 2.24) is 20.2 Å². The van der Waals surface area contributed by atoms with Gasteiger partial charge in [0.2, 0.25) is 0 Å².